The van der Waals surface area contributed by atoms with Crippen molar-refractivity contribution in [2.75, 3.05) is 0 Å². The van der Waals surface area contributed by atoms with Gasteiger partial charge >= 0.3 is 6.18 Å². The van der Waals surface area contributed by atoms with E-state index < -0.39 is 48.1 Å². The van der Waals surface area contributed by atoms with Gasteiger partial charge in [-0.15, -0.1) is 0 Å². The molecule has 0 radical (unpaired) electrons. The largest absolute Gasteiger partial charge is 0.480 e. The summed E-state index contributed by atoms with van der Waals surface area (Å²) in [5.41, 5.74) is 7.21. The van der Waals surface area contributed by atoms with Crippen LogP contribution in [0.1, 0.15) is 61.9 Å². The predicted molar refractivity (Wildman–Crippen MR) is 135 cm³/mol. The lowest BCUT2D eigenvalue weighted by Gasteiger charge is -2.38. The van der Waals surface area contributed by atoms with E-state index in [1.54, 1.807) is 56.3 Å². The van der Waals surface area contributed by atoms with Crippen LogP contribution in [0.4, 0.5) is 13.2 Å². The highest BCUT2D eigenvalue weighted by Crippen LogP contribution is 2.52. The van der Waals surface area contributed by atoms with Crippen LogP contribution in [0.5, 0.6) is 5.75 Å². The molecule has 2 aromatic carbocycles. The molecule has 0 aromatic heterocycles. The van der Waals surface area contributed by atoms with Crippen molar-refractivity contribution in [1.82, 2.24) is 10.2 Å². The second-order valence-electron chi connectivity index (χ2n) is 10.9. The molecule has 3 aliphatic rings. The molecule has 1 fully saturated rings. The topological polar surface area (TPSA) is 121 Å². The van der Waals surface area contributed by atoms with E-state index in [0.29, 0.717) is 23.1 Å². The maximum absolute atomic E-state index is 13.5. The number of hydrogen-bond acceptors (Lipinski definition) is 6. The molecule has 2 amide bonds. The lowest BCUT2D eigenvalue weighted by Crippen LogP contribution is -2.52. The molecule has 0 spiro atoms. The number of nitrogens with one attached hydrogen (secondary N) is 1. The first-order valence-corrected chi connectivity index (χ1v) is 12.7. The summed E-state index contributed by atoms with van der Waals surface area (Å²) in [6, 6.07) is 13.6. The van der Waals surface area contributed by atoms with Crippen molar-refractivity contribution in [2.24, 2.45) is 22.6 Å². The van der Waals surface area contributed by atoms with Crippen LogP contribution in [0.2, 0.25) is 0 Å². The lowest BCUT2D eigenvalue weighted by atomic mass is 9.93. The van der Waals surface area contributed by atoms with Gasteiger partial charge in [-0.3, -0.25) is 14.5 Å². The number of amides is 2. The number of ether oxygens (including phenoxy) is 1. The van der Waals surface area contributed by atoms with Crippen LogP contribution in [-0.4, -0.2) is 40.5 Å². The zero-order valence-corrected chi connectivity index (χ0v) is 21.4. The maximum Gasteiger partial charge on any atom is 0.425 e. The monoisotopic (exact) mass is 539 g/mol. The van der Waals surface area contributed by atoms with Crippen LogP contribution in [0.15, 0.2) is 53.5 Å². The summed E-state index contributed by atoms with van der Waals surface area (Å²) in [6.45, 7) is 3.61. The van der Waals surface area contributed by atoms with E-state index in [1.807, 2.05) is 0 Å². The van der Waals surface area contributed by atoms with Gasteiger partial charge in [0.25, 0.3) is 0 Å². The Morgan fingerprint density at radius 1 is 1.21 bits per heavy atom. The standard InChI is InChI=1S/C28H28F3N5O3/c1-27(2)13-23(37)36(26(33)35-27)24(16-9-7-15(14-32)8-10-16)18-11-19(18)25(38)34-20-12-22(28(29,30)31)39-21-6-4-3-5-17(20)21/h3-10,18-20,22,24H,11-13H2,1-2H3,(H2,33,35)(H,34,38)/t18-,19?,20-,22-,24+/m0/s1. The molecular weight excluding hydrogens is 511 g/mol. The Morgan fingerprint density at radius 3 is 2.54 bits per heavy atom. The van der Waals surface area contributed by atoms with Crippen LogP contribution >= 0.6 is 0 Å². The molecule has 1 aliphatic carbocycles. The Bertz CT molecular complexity index is 1370. The molecule has 2 aliphatic heterocycles. The number of rotatable bonds is 5. The molecule has 39 heavy (non-hydrogen) atoms. The second-order valence-corrected chi connectivity index (χ2v) is 10.9. The van der Waals surface area contributed by atoms with Crippen molar-refractivity contribution < 1.29 is 27.5 Å². The number of fused-ring (bicyclic) bond motifs is 1. The first-order valence-electron chi connectivity index (χ1n) is 12.7. The molecule has 1 unspecified atom stereocenters. The number of nitriles is 1. The SMILES string of the molecule is CC1(C)CC(=O)N([C@H](c2ccc(C#N)cc2)[C@H]2CC2C(=O)N[C@H]2C[C@@H](C(F)(F)F)Oc3ccccc32)C(N)=N1. The molecule has 5 rings (SSSR count). The van der Waals surface area contributed by atoms with Gasteiger partial charge in [-0.25, -0.2) is 4.99 Å². The van der Waals surface area contributed by atoms with Crippen molar-refractivity contribution in [2.45, 2.75) is 63.0 Å². The van der Waals surface area contributed by atoms with Gasteiger partial charge < -0.3 is 15.8 Å². The summed E-state index contributed by atoms with van der Waals surface area (Å²) in [4.78, 5) is 32.5. The molecule has 0 bridgehead atoms. The first kappa shape index (κ1) is 26.5. The number of para-hydroxylation sites is 1. The van der Waals surface area contributed by atoms with Crippen molar-refractivity contribution >= 4 is 17.8 Å². The van der Waals surface area contributed by atoms with E-state index in [1.165, 1.54) is 11.0 Å². The van der Waals surface area contributed by atoms with E-state index in [9.17, 15) is 28.0 Å². The molecule has 3 N–H and O–H groups in total. The van der Waals surface area contributed by atoms with Crippen molar-refractivity contribution in [1.29, 1.82) is 5.26 Å². The molecule has 1 saturated carbocycles. The molecule has 2 aromatic rings. The van der Waals surface area contributed by atoms with E-state index in [4.69, 9.17) is 10.5 Å². The third kappa shape index (κ3) is 5.28. The van der Waals surface area contributed by atoms with E-state index in [0.717, 1.165) is 0 Å². The zero-order valence-electron chi connectivity index (χ0n) is 21.4. The normalized spacial score (nSPS) is 26.4. The summed E-state index contributed by atoms with van der Waals surface area (Å²) in [5, 5.41) is 12.0. The maximum atomic E-state index is 13.5. The average Bonchev–Trinajstić information content (AvgIpc) is 3.66. The first-order chi connectivity index (χ1) is 18.4. The summed E-state index contributed by atoms with van der Waals surface area (Å²) < 4.78 is 45.8. The Morgan fingerprint density at radius 2 is 1.90 bits per heavy atom. The van der Waals surface area contributed by atoms with Gasteiger partial charge in [0.15, 0.2) is 12.1 Å². The zero-order chi connectivity index (χ0) is 28.1. The van der Waals surface area contributed by atoms with Gasteiger partial charge in [0.1, 0.15) is 5.75 Å². The minimum Gasteiger partial charge on any atom is -0.480 e. The number of carbonyl (C=O) groups is 2. The van der Waals surface area contributed by atoms with Crippen LogP contribution in [-0.2, 0) is 9.59 Å². The third-order valence-electron chi connectivity index (χ3n) is 7.45. The molecular formula is C28H28F3N5O3. The number of hydrogen-bond donors (Lipinski definition) is 2. The molecule has 0 saturated heterocycles. The highest BCUT2D eigenvalue weighted by Gasteiger charge is 2.54. The summed E-state index contributed by atoms with van der Waals surface area (Å²) in [5.74, 6) is -1.40. The minimum absolute atomic E-state index is 0.0445. The predicted octanol–water partition coefficient (Wildman–Crippen LogP) is 4.13. The average molecular weight is 540 g/mol. The summed E-state index contributed by atoms with van der Waals surface area (Å²) in [6.07, 6.45) is -6.53. The van der Waals surface area contributed by atoms with E-state index >= 15 is 0 Å². The van der Waals surface area contributed by atoms with Crippen LogP contribution in [0, 0.1) is 23.2 Å². The van der Waals surface area contributed by atoms with Crippen LogP contribution in [0.25, 0.3) is 0 Å². The molecule has 204 valence electrons. The highest BCUT2D eigenvalue weighted by molar-refractivity contribution is 5.99. The number of nitrogens with two attached hydrogens (primary N) is 1. The number of nitrogens with zero attached hydrogens (tertiary/aromatic N) is 3. The lowest BCUT2D eigenvalue weighted by molar-refractivity contribution is -0.201. The smallest absolute Gasteiger partial charge is 0.425 e. The van der Waals surface area contributed by atoms with Crippen LogP contribution in [0.3, 0.4) is 0 Å². The summed E-state index contributed by atoms with van der Waals surface area (Å²) in [7, 11) is 0. The van der Waals surface area contributed by atoms with Crippen LogP contribution < -0.4 is 15.8 Å². The van der Waals surface area contributed by atoms with Gasteiger partial charge in [-0.1, -0.05) is 30.3 Å². The molecule has 5 atom stereocenters. The molecule has 11 heteroatoms. The number of carbonyl (C=O) groups excluding carboxylic acids is 2. The number of alkyl halides is 3. The number of halogens is 3. The third-order valence-corrected chi connectivity index (χ3v) is 7.45. The second kappa shape index (κ2) is 9.59. The van der Waals surface area contributed by atoms with Gasteiger partial charge in [0.2, 0.25) is 11.8 Å². The van der Waals surface area contributed by atoms with E-state index in [2.05, 4.69) is 16.4 Å². The molecule has 8 nitrogen and oxygen atoms in total. The Labute approximate surface area is 223 Å². The fraction of sp³-hybridized carbons (Fsp3) is 0.429. The van der Waals surface area contributed by atoms with Crippen molar-refractivity contribution in [3.05, 3.63) is 65.2 Å². The number of guanidine groups is 1. The Balaban J connectivity index is 1.41. The van der Waals surface area contributed by atoms with E-state index in [-0.39, 0.29) is 30.0 Å². The van der Waals surface area contributed by atoms with Crippen molar-refractivity contribution in [3.8, 4) is 11.8 Å². The highest BCUT2D eigenvalue weighted by atomic mass is 19.4. The fourth-order valence-electron chi connectivity index (χ4n) is 5.53. The Kier molecular flexibility index (Phi) is 6.53. The molecule has 2 heterocycles. The minimum atomic E-state index is -4.58. The fourth-order valence-corrected chi connectivity index (χ4v) is 5.53. The van der Waals surface area contributed by atoms with Gasteiger partial charge in [-0.05, 0) is 49.9 Å². The van der Waals surface area contributed by atoms with Gasteiger partial charge in [0.05, 0.1) is 35.7 Å². The van der Waals surface area contributed by atoms with Crippen molar-refractivity contribution in [3.63, 3.8) is 0 Å². The Hall–Kier alpha value is -4.07. The quantitative estimate of drug-likeness (QED) is 0.592. The summed E-state index contributed by atoms with van der Waals surface area (Å²) >= 11 is 0. The number of aliphatic imine (C=N–C) groups is 1. The number of benzene rings is 2. The van der Waals surface area contributed by atoms with Gasteiger partial charge in [-0.2, -0.15) is 18.4 Å². The van der Waals surface area contributed by atoms with Gasteiger partial charge in [0, 0.05) is 17.9 Å².